The number of amides is 2. The fourth-order valence-electron chi connectivity index (χ4n) is 3.29. The van der Waals surface area contributed by atoms with Gasteiger partial charge in [0, 0.05) is 10.0 Å². The van der Waals surface area contributed by atoms with Crippen LogP contribution in [0.2, 0.25) is 0 Å². The summed E-state index contributed by atoms with van der Waals surface area (Å²) in [7, 11) is 0. The van der Waals surface area contributed by atoms with E-state index in [1.165, 1.54) is 6.07 Å². The molecule has 0 saturated carbocycles. The molecule has 0 saturated heterocycles. The van der Waals surface area contributed by atoms with Crippen molar-refractivity contribution in [3.05, 3.63) is 57.1 Å². The Bertz CT molecular complexity index is 918. The zero-order valence-electron chi connectivity index (χ0n) is 12.9. The van der Waals surface area contributed by atoms with Crippen molar-refractivity contribution >= 4 is 39.4 Å². The van der Waals surface area contributed by atoms with Crippen LogP contribution >= 0.6 is 15.9 Å². The molecular weight excluding hydrogens is 390 g/mol. The molecule has 2 aliphatic heterocycles. The third-order valence-electron chi connectivity index (χ3n) is 4.37. The van der Waals surface area contributed by atoms with Crippen LogP contribution in [0, 0.1) is 0 Å². The van der Waals surface area contributed by atoms with E-state index in [0.717, 1.165) is 4.90 Å². The van der Waals surface area contributed by atoms with Crippen LogP contribution in [0.15, 0.2) is 34.8 Å². The molecule has 126 valence electrons. The molecule has 7 heteroatoms. The van der Waals surface area contributed by atoms with Gasteiger partial charge in [-0.3, -0.25) is 9.59 Å². The second-order valence-corrected chi connectivity index (χ2v) is 6.67. The number of hydrogen-bond donors (Lipinski definition) is 1. The van der Waals surface area contributed by atoms with Gasteiger partial charge in [0.2, 0.25) is 0 Å². The minimum Gasteiger partial charge on any atom is -0.492 e. The summed E-state index contributed by atoms with van der Waals surface area (Å²) in [6, 6.07) is 8.00. The van der Waals surface area contributed by atoms with E-state index in [1.54, 1.807) is 24.3 Å². The second-order valence-electron chi connectivity index (χ2n) is 5.81. The number of benzene rings is 2. The number of rotatable bonds is 2. The van der Waals surface area contributed by atoms with E-state index in [1.807, 2.05) is 0 Å². The van der Waals surface area contributed by atoms with Gasteiger partial charge < -0.3 is 9.84 Å². The minimum absolute atomic E-state index is 0.0157. The van der Waals surface area contributed by atoms with Crippen LogP contribution in [0.3, 0.4) is 0 Å². The van der Waals surface area contributed by atoms with Crippen molar-refractivity contribution in [2.24, 2.45) is 0 Å². The van der Waals surface area contributed by atoms with Gasteiger partial charge in [-0.15, -0.1) is 0 Å². The molecule has 0 radical (unpaired) electrons. The average Bonchev–Trinajstić information content (AvgIpc) is 2.86. The van der Waals surface area contributed by atoms with Gasteiger partial charge in [-0.1, -0.05) is 12.1 Å². The Kier molecular flexibility index (Phi) is 3.61. The maximum atomic E-state index is 12.8. The van der Waals surface area contributed by atoms with Gasteiger partial charge in [-0.05, 0) is 47.0 Å². The van der Waals surface area contributed by atoms with E-state index in [-0.39, 0.29) is 11.3 Å². The Morgan fingerprint density at radius 3 is 2.40 bits per heavy atom. The molecule has 2 aliphatic rings. The first kappa shape index (κ1) is 15.8. The highest BCUT2D eigenvalue weighted by atomic mass is 79.9. The molecule has 0 fully saturated rings. The van der Waals surface area contributed by atoms with Crippen molar-refractivity contribution in [3.8, 4) is 5.75 Å². The van der Waals surface area contributed by atoms with E-state index >= 15 is 0 Å². The molecule has 0 aliphatic carbocycles. The molecule has 2 heterocycles. The first-order valence-electron chi connectivity index (χ1n) is 7.70. The van der Waals surface area contributed by atoms with Crippen LogP contribution in [-0.4, -0.2) is 29.5 Å². The minimum atomic E-state index is -1.12. The molecular formula is C18H12BrNO5. The predicted molar refractivity (Wildman–Crippen MR) is 92.5 cm³/mol. The highest BCUT2D eigenvalue weighted by molar-refractivity contribution is 9.10. The number of imide groups is 1. The standard InChI is InChI=1S/C18H12BrNO5/c19-13-8-12(18(23)24)15-11(6-3-7-25-15)14(13)20-16(21)9-4-1-2-5-10(9)17(20)22/h1-2,4-5,8H,3,6-7H2,(H,23,24). The van der Waals surface area contributed by atoms with Gasteiger partial charge >= 0.3 is 5.97 Å². The molecule has 2 amide bonds. The van der Waals surface area contributed by atoms with Crippen LogP contribution < -0.4 is 9.64 Å². The summed E-state index contributed by atoms with van der Waals surface area (Å²) >= 11 is 3.34. The predicted octanol–water partition coefficient (Wildman–Crippen LogP) is 3.27. The summed E-state index contributed by atoms with van der Waals surface area (Å²) in [5.74, 6) is -1.73. The van der Waals surface area contributed by atoms with Crippen LogP contribution in [-0.2, 0) is 6.42 Å². The highest BCUT2D eigenvalue weighted by Crippen LogP contribution is 2.44. The lowest BCUT2D eigenvalue weighted by Crippen LogP contribution is -2.31. The van der Waals surface area contributed by atoms with E-state index in [9.17, 15) is 19.5 Å². The molecule has 0 aromatic heterocycles. The van der Waals surface area contributed by atoms with Gasteiger partial charge in [-0.25, -0.2) is 9.69 Å². The van der Waals surface area contributed by atoms with Gasteiger partial charge in [0.25, 0.3) is 11.8 Å². The van der Waals surface area contributed by atoms with E-state index in [4.69, 9.17) is 4.74 Å². The molecule has 2 aromatic rings. The summed E-state index contributed by atoms with van der Waals surface area (Å²) in [6.07, 6.45) is 1.20. The number of carboxylic acid groups (broad SMARTS) is 1. The van der Waals surface area contributed by atoms with E-state index in [2.05, 4.69) is 15.9 Å². The Hall–Kier alpha value is -2.67. The first-order valence-corrected chi connectivity index (χ1v) is 8.49. The average molecular weight is 402 g/mol. The van der Waals surface area contributed by atoms with Gasteiger partial charge in [0.15, 0.2) is 0 Å². The molecule has 2 aromatic carbocycles. The van der Waals surface area contributed by atoms with Crippen molar-refractivity contribution < 1.29 is 24.2 Å². The third kappa shape index (κ3) is 2.26. The first-order chi connectivity index (χ1) is 12.0. The Morgan fingerprint density at radius 2 is 1.80 bits per heavy atom. The Balaban J connectivity index is 1.94. The summed E-state index contributed by atoms with van der Waals surface area (Å²) in [4.78, 5) is 38.2. The quantitative estimate of drug-likeness (QED) is 0.780. The van der Waals surface area contributed by atoms with Crippen LogP contribution in [0.5, 0.6) is 5.75 Å². The molecule has 1 N–H and O–H groups in total. The number of nitrogens with zero attached hydrogens (tertiary/aromatic N) is 1. The Labute approximate surface area is 151 Å². The van der Waals surface area contributed by atoms with Crippen LogP contribution in [0.25, 0.3) is 0 Å². The number of halogens is 1. The van der Waals surface area contributed by atoms with Crippen molar-refractivity contribution in [2.45, 2.75) is 12.8 Å². The van der Waals surface area contributed by atoms with E-state index in [0.29, 0.717) is 46.3 Å². The maximum Gasteiger partial charge on any atom is 0.339 e. The fourth-order valence-corrected chi connectivity index (χ4v) is 3.93. The maximum absolute atomic E-state index is 12.8. The summed E-state index contributed by atoms with van der Waals surface area (Å²) < 4.78 is 5.95. The second kappa shape index (κ2) is 5.70. The number of anilines is 1. The lowest BCUT2D eigenvalue weighted by Gasteiger charge is -2.26. The number of carboxylic acids is 1. The zero-order chi connectivity index (χ0) is 17.7. The number of fused-ring (bicyclic) bond motifs is 2. The lowest BCUT2D eigenvalue weighted by molar-refractivity contribution is 0.0690. The van der Waals surface area contributed by atoms with Crippen LogP contribution in [0.4, 0.5) is 5.69 Å². The van der Waals surface area contributed by atoms with Crippen molar-refractivity contribution in [1.29, 1.82) is 0 Å². The van der Waals surface area contributed by atoms with Crippen molar-refractivity contribution in [3.63, 3.8) is 0 Å². The molecule has 0 spiro atoms. The largest absolute Gasteiger partial charge is 0.492 e. The zero-order valence-corrected chi connectivity index (χ0v) is 14.5. The number of hydrogen-bond acceptors (Lipinski definition) is 4. The topological polar surface area (TPSA) is 83.9 Å². The van der Waals surface area contributed by atoms with Gasteiger partial charge in [0.05, 0.1) is 23.4 Å². The molecule has 25 heavy (non-hydrogen) atoms. The summed E-state index contributed by atoms with van der Waals surface area (Å²) in [6.45, 7) is 0.399. The van der Waals surface area contributed by atoms with E-state index < -0.39 is 17.8 Å². The number of carbonyl (C=O) groups excluding carboxylic acids is 2. The van der Waals surface area contributed by atoms with Gasteiger partial charge in [0.1, 0.15) is 11.3 Å². The summed E-state index contributed by atoms with van der Waals surface area (Å²) in [5.41, 5.74) is 1.62. The molecule has 0 unspecified atom stereocenters. The number of ether oxygens (including phenoxy) is 1. The Morgan fingerprint density at radius 1 is 1.16 bits per heavy atom. The smallest absolute Gasteiger partial charge is 0.339 e. The number of carbonyl (C=O) groups is 3. The molecule has 0 atom stereocenters. The van der Waals surface area contributed by atoms with Crippen molar-refractivity contribution in [2.75, 3.05) is 11.5 Å². The van der Waals surface area contributed by atoms with Crippen molar-refractivity contribution in [1.82, 2.24) is 0 Å². The highest BCUT2D eigenvalue weighted by Gasteiger charge is 2.40. The lowest BCUT2D eigenvalue weighted by atomic mass is 9.99. The van der Waals surface area contributed by atoms with Crippen LogP contribution in [0.1, 0.15) is 43.1 Å². The summed E-state index contributed by atoms with van der Waals surface area (Å²) in [5, 5.41) is 9.42. The molecule has 4 rings (SSSR count). The molecule has 0 bridgehead atoms. The fraction of sp³-hybridized carbons (Fsp3) is 0.167. The number of aromatic carboxylic acids is 1. The molecule has 6 nitrogen and oxygen atoms in total. The monoisotopic (exact) mass is 401 g/mol. The third-order valence-corrected chi connectivity index (χ3v) is 4.97. The normalized spacial score (nSPS) is 15.6. The van der Waals surface area contributed by atoms with Gasteiger partial charge in [-0.2, -0.15) is 0 Å². The SMILES string of the molecule is O=C(O)c1cc(Br)c(N2C(=O)c3ccccc3C2=O)c2c1OCCC2.